The molecular weight excluding hydrogens is 459 g/mol. The van der Waals surface area contributed by atoms with Crippen molar-refractivity contribution in [1.29, 1.82) is 0 Å². The molecule has 1 aromatic carbocycles. The van der Waals surface area contributed by atoms with Crippen LogP contribution in [0.4, 0.5) is 19.0 Å². The lowest BCUT2D eigenvalue weighted by atomic mass is 9.80. The van der Waals surface area contributed by atoms with Crippen molar-refractivity contribution in [2.45, 2.75) is 69.9 Å². The number of carbonyl (C=O) groups is 1. The van der Waals surface area contributed by atoms with Crippen LogP contribution in [0.1, 0.15) is 45.1 Å². The molecule has 1 saturated heterocycles. The van der Waals surface area contributed by atoms with E-state index in [1.54, 1.807) is 7.11 Å². The normalized spacial score (nSPS) is 25.7. The molecule has 1 saturated carbocycles. The minimum absolute atomic E-state index is 0.0366. The summed E-state index contributed by atoms with van der Waals surface area (Å²) in [4.78, 5) is 26.0. The highest BCUT2D eigenvalue weighted by atomic mass is 19.4. The predicted octanol–water partition coefficient (Wildman–Crippen LogP) is 4.19. The standard InChI is InChI=1S/C25H34F3N5O2/c1-15(2)32(3)18-6-8-22(16(11-18)13-35-4)33-10-9-21(24(33)34)31-23-19-12-17(25(26,27)28)5-7-20(19)29-14-30-23/h5,7,12,14-16,18,21-22H,6,8-11,13H2,1-4H3,(H,29,30,31)/t16-,18+,21-,22-/m0/s1. The van der Waals surface area contributed by atoms with Crippen LogP contribution < -0.4 is 5.32 Å². The molecule has 4 rings (SSSR count). The van der Waals surface area contributed by atoms with E-state index in [4.69, 9.17) is 4.74 Å². The van der Waals surface area contributed by atoms with Gasteiger partial charge in [0.15, 0.2) is 0 Å². The Hall–Kier alpha value is -2.46. The second-order valence-electron chi connectivity index (χ2n) is 9.98. The number of ether oxygens (including phenoxy) is 1. The van der Waals surface area contributed by atoms with Crippen LogP contribution in [0.2, 0.25) is 0 Å². The Morgan fingerprint density at radius 3 is 2.69 bits per heavy atom. The second kappa shape index (κ2) is 10.3. The molecular formula is C25H34F3N5O2. The molecule has 7 nitrogen and oxygen atoms in total. The van der Waals surface area contributed by atoms with Gasteiger partial charge in [-0.2, -0.15) is 13.2 Å². The minimum atomic E-state index is -4.47. The largest absolute Gasteiger partial charge is 0.416 e. The van der Waals surface area contributed by atoms with Crippen molar-refractivity contribution in [2.75, 3.05) is 32.6 Å². The number of aromatic nitrogens is 2. The average molecular weight is 494 g/mol. The van der Waals surface area contributed by atoms with E-state index in [0.29, 0.717) is 37.2 Å². The number of amides is 1. The van der Waals surface area contributed by atoms with Gasteiger partial charge in [-0.05, 0) is 64.8 Å². The summed E-state index contributed by atoms with van der Waals surface area (Å²) >= 11 is 0. The van der Waals surface area contributed by atoms with Gasteiger partial charge in [-0.15, -0.1) is 0 Å². The maximum atomic E-state index is 13.4. The van der Waals surface area contributed by atoms with E-state index in [1.807, 2.05) is 4.90 Å². The summed E-state index contributed by atoms with van der Waals surface area (Å²) < 4.78 is 45.3. The fourth-order valence-electron chi connectivity index (χ4n) is 5.50. The molecule has 1 aromatic heterocycles. The van der Waals surface area contributed by atoms with Crippen LogP contribution in [0.15, 0.2) is 24.5 Å². The Bertz CT molecular complexity index is 1050. The van der Waals surface area contributed by atoms with Crippen LogP contribution in [-0.4, -0.2) is 77.2 Å². The Morgan fingerprint density at radius 1 is 1.23 bits per heavy atom. The van der Waals surface area contributed by atoms with E-state index in [0.717, 1.165) is 31.4 Å². The Kier molecular flexibility index (Phi) is 7.51. The van der Waals surface area contributed by atoms with Gasteiger partial charge < -0.3 is 19.9 Å². The van der Waals surface area contributed by atoms with Crippen LogP contribution in [0.25, 0.3) is 10.9 Å². The second-order valence-corrected chi connectivity index (χ2v) is 9.98. The first-order chi connectivity index (χ1) is 16.6. The summed E-state index contributed by atoms with van der Waals surface area (Å²) in [6.45, 7) is 5.56. The molecule has 2 aliphatic rings. The lowest BCUT2D eigenvalue weighted by Crippen LogP contribution is -2.52. The van der Waals surface area contributed by atoms with Gasteiger partial charge in [-0.1, -0.05) is 0 Å². The minimum Gasteiger partial charge on any atom is -0.384 e. The van der Waals surface area contributed by atoms with Crippen LogP contribution >= 0.6 is 0 Å². The summed E-state index contributed by atoms with van der Waals surface area (Å²) in [5.74, 6) is 0.444. The van der Waals surface area contributed by atoms with E-state index in [9.17, 15) is 18.0 Å². The highest BCUT2D eigenvalue weighted by Crippen LogP contribution is 2.36. The molecule has 1 aliphatic carbocycles. The average Bonchev–Trinajstić information content (AvgIpc) is 3.17. The first kappa shape index (κ1) is 25.6. The summed E-state index contributed by atoms with van der Waals surface area (Å²) in [6, 6.07) is 3.82. The molecule has 2 aromatic rings. The summed E-state index contributed by atoms with van der Waals surface area (Å²) in [5, 5.41) is 3.37. The zero-order chi connectivity index (χ0) is 25.3. The number of carbonyl (C=O) groups excluding carboxylic acids is 1. The van der Waals surface area contributed by atoms with Gasteiger partial charge >= 0.3 is 6.18 Å². The van der Waals surface area contributed by atoms with Gasteiger partial charge in [0.05, 0.1) is 17.7 Å². The molecule has 0 spiro atoms. The highest BCUT2D eigenvalue weighted by molar-refractivity contribution is 5.93. The number of alkyl halides is 3. The zero-order valence-corrected chi connectivity index (χ0v) is 20.7. The summed E-state index contributed by atoms with van der Waals surface area (Å²) in [7, 11) is 3.84. The van der Waals surface area contributed by atoms with Crippen molar-refractivity contribution in [3.05, 3.63) is 30.1 Å². The van der Waals surface area contributed by atoms with Gasteiger partial charge in [0.1, 0.15) is 18.2 Å². The third-order valence-electron chi connectivity index (χ3n) is 7.60. The van der Waals surface area contributed by atoms with E-state index in [-0.39, 0.29) is 29.1 Å². The van der Waals surface area contributed by atoms with E-state index in [1.165, 1.54) is 12.4 Å². The Balaban J connectivity index is 1.50. The highest BCUT2D eigenvalue weighted by Gasteiger charge is 2.42. The maximum absolute atomic E-state index is 13.4. The first-order valence-corrected chi connectivity index (χ1v) is 12.2. The van der Waals surface area contributed by atoms with Crippen molar-refractivity contribution >= 4 is 22.6 Å². The maximum Gasteiger partial charge on any atom is 0.416 e. The third kappa shape index (κ3) is 5.38. The van der Waals surface area contributed by atoms with E-state index in [2.05, 4.69) is 41.1 Å². The molecule has 1 N–H and O–H groups in total. The van der Waals surface area contributed by atoms with Crippen LogP contribution in [0.5, 0.6) is 0 Å². The van der Waals surface area contributed by atoms with Gasteiger partial charge in [0, 0.05) is 43.1 Å². The fraction of sp³-hybridized carbons (Fsp3) is 0.640. The number of fused-ring (bicyclic) bond motifs is 1. The van der Waals surface area contributed by atoms with E-state index < -0.39 is 17.8 Å². The quantitative estimate of drug-likeness (QED) is 0.624. The number of halogens is 3. The lowest BCUT2D eigenvalue weighted by Gasteiger charge is -2.44. The number of nitrogens with one attached hydrogen (secondary N) is 1. The Morgan fingerprint density at radius 2 is 2.00 bits per heavy atom. The van der Waals surface area contributed by atoms with Crippen LogP contribution in [0, 0.1) is 5.92 Å². The van der Waals surface area contributed by atoms with Gasteiger partial charge in [-0.3, -0.25) is 4.79 Å². The third-order valence-corrected chi connectivity index (χ3v) is 7.60. The topological polar surface area (TPSA) is 70.6 Å². The van der Waals surface area contributed by atoms with E-state index >= 15 is 0 Å². The molecule has 0 bridgehead atoms. The predicted molar refractivity (Wildman–Crippen MR) is 128 cm³/mol. The molecule has 192 valence electrons. The number of benzene rings is 1. The first-order valence-electron chi connectivity index (χ1n) is 12.2. The molecule has 10 heteroatoms. The smallest absolute Gasteiger partial charge is 0.384 e. The molecule has 0 unspecified atom stereocenters. The molecule has 0 radical (unpaired) electrons. The van der Waals surface area contributed by atoms with Gasteiger partial charge in [0.2, 0.25) is 5.91 Å². The number of nitrogens with zero attached hydrogens (tertiary/aromatic N) is 4. The molecule has 1 aliphatic heterocycles. The molecule has 35 heavy (non-hydrogen) atoms. The van der Waals surface area contributed by atoms with Crippen LogP contribution in [0.3, 0.4) is 0 Å². The van der Waals surface area contributed by atoms with Crippen LogP contribution in [-0.2, 0) is 15.7 Å². The number of likely N-dealkylation sites (tertiary alicyclic amines) is 1. The van der Waals surface area contributed by atoms with Gasteiger partial charge in [0.25, 0.3) is 0 Å². The fourth-order valence-corrected chi connectivity index (χ4v) is 5.50. The molecule has 1 amide bonds. The van der Waals surface area contributed by atoms with Crippen molar-refractivity contribution in [1.82, 2.24) is 19.8 Å². The lowest BCUT2D eigenvalue weighted by molar-refractivity contribution is -0.137. The number of anilines is 1. The number of rotatable bonds is 7. The molecule has 2 fully saturated rings. The van der Waals surface area contributed by atoms with Gasteiger partial charge in [-0.25, -0.2) is 9.97 Å². The summed E-state index contributed by atoms with van der Waals surface area (Å²) in [5.41, 5.74) is -0.377. The SMILES string of the molecule is COC[C@@H]1C[C@H](N(C)C(C)C)CC[C@@H]1N1CC[C@H](Nc2ncnc3ccc(C(F)(F)F)cc23)C1=O. The molecule has 2 heterocycles. The number of hydrogen-bond acceptors (Lipinski definition) is 6. The molecule has 4 atom stereocenters. The van der Waals surface area contributed by atoms with Crippen molar-refractivity contribution < 1.29 is 22.7 Å². The van der Waals surface area contributed by atoms with Crippen molar-refractivity contribution in [2.24, 2.45) is 5.92 Å². The Labute approximate surface area is 204 Å². The van der Waals surface area contributed by atoms with Crippen molar-refractivity contribution in [3.8, 4) is 0 Å². The van der Waals surface area contributed by atoms with Crippen molar-refractivity contribution in [3.63, 3.8) is 0 Å². The monoisotopic (exact) mass is 493 g/mol. The number of methoxy groups -OCH3 is 1. The zero-order valence-electron chi connectivity index (χ0n) is 20.7. The number of hydrogen-bond donors (Lipinski definition) is 1. The summed E-state index contributed by atoms with van der Waals surface area (Å²) in [6.07, 6.45) is 0.273.